The quantitative estimate of drug-likeness (QED) is 0.850. The molecule has 0 aromatic heterocycles. The van der Waals surface area contributed by atoms with Crippen molar-refractivity contribution in [2.45, 2.75) is 6.18 Å². The number of para-hydroxylation sites is 1. The van der Waals surface area contributed by atoms with Gasteiger partial charge in [-0.25, -0.2) is 0 Å². The van der Waals surface area contributed by atoms with Crippen molar-refractivity contribution in [2.24, 2.45) is 0 Å². The van der Waals surface area contributed by atoms with Gasteiger partial charge in [0.1, 0.15) is 5.75 Å². The molecule has 0 aliphatic rings. The number of halogens is 3. The maximum absolute atomic E-state index is 12.6. The highest BCUT2D eigenvalue weighted by atomic mass is 19.4. The van der Waals surface area contributed by atoms with Gasteiger partial charge >= 0.3 is 6.18 Å². The lowest BCUT2D eigenvalue weighted by Crippen LogP contribution is -2.10. The van der Waals surface area contributed by atoms with Gasteiger partial charge in [0.2, 0.25) is 5.91 Å². The van der Waals surface area contributed by atoms with E-state index in [0.29, 0.717) is 11.3 Å². The van der Waals surface area contributed by atoms with Gasteiger partial charge in [-0.05, 0) is 30.3 Å². The second kappa shape index (κ2) is 7.00. The van der Waals surface area contributed by atoms with Crippen molar-refractivity contribution in [1.29, 1.82) is 0 Å². The Bertz CT molecular complexity index is 724. The highest BCUT2D eigenvalue weighted by molar-refractivity contribution is 6.02. The van der Waals surface area contributed by atoms with Gasteiger partial charge in [0.05, 0.1) is 12.7 Å². The van der Waals surface area contributed by atoms with Crippen LogP contribution in [0.2, 0.25) is 0 Å². The van der Waals surface area contributed by atoms with Crippen LogP contribution >= 0.6 is 0 Å². The van der Waals surface area contributed by atoms with E-state index >= 15 is 0 Å². The van der Waals surface area contributed by atoms with Crippen LogP contribution in [0.4, 0.5) is 18.9 Å². The standard InChI is InChI=1S/C17H14F3NO2/c1-23-15-8-3-2-5-12(15)9-10-16(22)21-14-7-4-6-13(11-14)17(18,19)20/h2-11H,1H3,(H,21,22)/b10-9+. The van der Waals surface area contributed by atoms with Crippen LogP contribution in [-0.4, -0.2) is 13.0 Å². The molecule has 2 aromatic carbocycles. The summed E-state index contributed by atoms with van der Waals surface area (Å²) in [5.74, 6) is 0.0610. The smallest absolute Gasteiger partial charge is 0.416 e. The normalized spacial score (nSPS) is 11.5. The highest BCUT2D eigenvalue weighted by Gasteiger charge is 2.30. The fourth-order valence-corrected chi connectivity index (χ4v) is 1.93. The maximum atomic E-state index is 12.6. The van der Waals surface area contributed by atoms with Crippen LogP contribution < -0.4 is 10.1 Å². The van der Waals surface area contributed by atoms with Gasteiger partial charge in [0, 0.05) is 17.3 Å². The van der Waals surface area contributed by atoms with E-state index in [1.807, 2.05) is 0 Å². The molecule has 1 amide bonds. The molecule has 0 aliphatic heterocycles. The van der Waals surface area contributed by atoms with E-state index in [-0.39, 0.29) is 5.69 Å². The Morgan fingerprint density at radius 3 is 2.57 bits per heavy atom. The first-order valence-electron chi connectivity index (χ1n) is 6.69. The lowest BCUT2D eigenvalue weighted by molar-refractivity contribution is -0.137. The second-order valence-electron chi connectivity index (χ2n) is 4.64. The molecule has 0 radical (unpaired) electrons. The van der Waals surface area contributed by atoms with Crippen molar-refractivity contribution in [3.8, 4) is 5.75 Å². The van der Waals surface area contributed by atoms with E-state index in [4.69, 9.17) is 4.74 Å². The third-order valence-corrected chi connectivity index (χ3v) is 3.01. The third kappa shape index (κ3) is 4.60. The summed E-state index contributed by atoms with van der Waals surface area (Å²) in [4.78, 5) is 11.8. The first kappa shape index (κ1) is 16.6. The molecule has 2 aromatic rings. The zero-order chi connectivity index (χ0) is 16.9. The van der Waals surface area contributed by atoms with Crippen molar-refractivity contribution in [3.05, 3.63) is 65.7 Å². The number of carbonyl (C=O) groups excluding carboxylic acids is 1. The molecule has 0 aliphatic carbocycles. The second-order valence-corrected chi connectivity index (χ2v) is 4.64. The number of benzene rings is 2. The first-order chi connectivity index (χ1) is 10.9. The number of nitrogens with one attached hydrogen (secondary N) is 1. The Kier molecular flexibility index (Phi) is 5.05. The van der Waals surface area contributed by atoms with Gasteiger partial charge in [0.25, 0.3) is 0 Å². The number of methoxy groups -OCH3 is 1. The number of alkyl halides is 3. The largest absolute Gasteiger partial charge is 0.496 e. The summed E-state index contributed by atoms with van der Waals surface area (Å²) in [6.07, 6.45) is -1.69. The fraction of sp³-hybridized carbons (Fsp3) is 0.118. The van der Waals surface area contributed by atoms with Crippen LogP contribution in [-0.2, 0) is 11.0 Å². The number of carbonyl (C=O) groups is 1. The molecule has 0 saturated carbocycles. The SMILES string of the molecule is COc1ccccc1/C=C/C(=O)Nc1cccc(C(F)(F)F)c1. The number of hydrogen-bond acceptors (Lipinski definition) is 2. The lowest BCUT2D eigenvalue weighted by atomic mass is 10.1. The Balaban J connectivity index is 2.09. The van der Waals surface area contributed by atoms with Gasteiger partial charge in [-0.1, -0.05) is 24.3 Å². The Morgan fingerprint density at radius 2 is 1.87 bits per heavy atom. The summed E-state index contributed by atoms with van der Waals surface area (Å²) in [5.41, 5.74) is -0.0484. The Labute approximate surface area is 131 Å². The molecule has 23 heavy (non-hydrogen) atoms. The van der Waals surface area contributed by atoms with Crippen LogP contribution in [0.1, 0.15) is 11.1 Å². The molecule has 0 spiro atoms. The minimum Gasteiger partial charge on any atom is -0.496 e. The number of rotatable bonds is 4. The van der Waals surface area contributed by atoms with Crippen molar-refractivity contribution in [3.63, 3.8) is 0 Å². The molecule has 1 N–H and O–H groups in total. The van der Waals surface area contributed by atoms with Crippen LogP contribution in [0.3, 0.4) is 0 Å². The molecule has 0 heterocycles. The van der Waals surface area contributed by atoms with Crippen molar-refractivity contribution >= 4 is 17.7 Å². The first-order valence-corrected chi connectivity index (χ1v) is 6.69. The predicted molar refractivity (Wildman–Crippen MR) is 82.1 cm³/mol. The average molecular weight is 321 g/mol. The number of ether oxygens (including phenoxy) is 1. The summed E-state index contributed by atoms with van der Waals surface area (Å²) < 4.78 is 43.0. The minimum atomic E-state index is -4.45. The molecule has 2 rings (SSSR count). The van der Waals surface area contributed by atoms with E-state index in [9.17, 15) is 18.0 Å². The van der Waals surface area contributed by atoms with E-state index in [1.54, 1.807) is 24.3 Å². The van der Waals surface area contributed by atoms with E-state index in [2.05, 4.69) is 5.32 Å². The van der Waals surface area contributed by atoms with E-state index < -0.39 is 17.6 Å². The maximum Gasteiger partial charge on any atom is 0.416 e. The summed E-state index contributed by atoms with van der Waals surface area (Å²) in [5, 5.41) is 2.40. The number of hydrogen-bond donors (Lipinski definition) is 1. The van der Waals surface area contributed by atoms with Crippen LogP contribution in [0.5, 0.6) is 5.75 Å². The van der Waals surface area contributed by atoms with E-state index in [0.717, 1.165) is 12.1 Å². The zero-order valence-electron chi connectivity index (χ0n) is 12.2. The minimum absolute atomic E-state index is 0.0782. The Hall–Kier alpha value is -2.76. The monoisotopic (exact) mass is 321 g/mol. The topological polar surface area (TPSA) is 38.3 Å². The average Bonchev–Trinajstić information content (AvgIpc) is 2.52. The van der Waals surface area contributed by atoms with Gasteiger partial charge in [0.15, 0.2) is 0 Å². The van der Waals surface area contributed by atoms with Crippen molar-refractivity contribution in [1.82, 2.24) is 0 Å². The van der Waals surface area contributed by atoms with Gasteiger partial charge in [-0.2, -0.15) is 13.2 Å². The summed E-state index contributed by atoms with van der Waals surface area (Å²) >= 11 is 0. The number of amides is 1. The molecular weight excluding hydrogens is 307 g/mol. The lowest BCUT2D eigenvalue weighted by Gasteiger charge is -2.09. The molecule has 0 atom stereocenters. The molecule has 0 fully saturated rings. The highest BCUT2D eigenvalue weighted by Crippen LogP contribution is 2.30. The molecule has 0 bridgehead atoms. The summed E-state index contributed by atoms with van der Waals surface area (Å²) in [7, 11) is 1.51. The molecule has 0 unspecified atom stereocenters. The van der Waals surface area contributed by atoms with Crippen molar-refractivity contribution in [2.75, 3.05) is 12.4 Å². The molecule has 6 heteroatoms. The molecule has 3 nitrogen and oxygen atoms in total. The molecular formula is C17H14F3NO2. The summed E-state index contributed by atoms with van der Waals surface area (Å²) in [6, 6.07) is 11.5. The summed E-state index contributed by atoms with van der Waals surface area (Å²) in [6.45, 7) is 0. The fourth-order valence-electron chi connectivity index (χ4n) is 1.93. The van der Waals surface area contributed by atoms with Gasteiger partial charge in [-0.15, -0.1) is 0 Å². The van der Waals surface area contributed by atoms with Gasteiger partial charge < -0.3 is 10.1 Å². The third-order valence-electron chi connectivity index (χ3n) is 3.01. The molecule has 120 valence electrons. The van der Waals surface area contributed by atoms with Crippen LogP contribution in [0.15, 0.2) is 54.6 Å². The zero-order valence-corrected chi connectivity index (χ0v) is 12.2. The van der Waals surface area contributed by atoms with E-state index in [1.165, 1.54) is 31.4 Å². The van der Waals surface area contributed by atoms with Crippen LogP contribution in [0.25, 0.3) is 6.08 Å². The molecule has 0 saturated heterocycles. The van der Waals surface area contributed by atoms with Crippen molar-refractivity contribution < 1.29 is 22.7 Å². The van der Waals surface area contributed by atoms with Crippen LogP contribution in [0, 0.1) is 0 Å². The Morgan fingerprint density at radius 1 is 1.13 bits per heavy atom. The predicted octanol–water partition coefficient (Wildman–Crippen LogP) is 4.37. The van der Waals surface area contributed by atoms with Gasteiger partial charge in [-0.3, -0.25) is 4.79 Å². The number of anilines is 1.